The third-order valence-electron chi connectivity index (χ3n) is 4.48. The molecule has 1 N–H and O–H groups in total. The molecule has 6 heteroatoms. The summed E-state index contributed by atoms with van der Waals surface area (Å²) < 4.78 is 7.12. The number of hydrogen-bond donors (Lipinski definition) is 1. The van der Waals surface area contributed by atoms with Gasteiger partial charge in [-0.05, 0) is 23.3 Å². The van der Waals surface area contributed by atoms with E-state index >= 15 is 0 Å². The predicted octanol–water partition coefficient (Wildman–Crippen LogP) is 2.03. The van der Waals surface area contributed by atoms with Crippen molar-refractivity contribution >= 4 is 5.91 Å². The fraction of sp³-hybridized carbons (Fsp3) is 0.190. The third kappa shape index (κ3) is 3.89. The van der Waals surface area contributed by atoms with Gasteiger partial charge in [0.25, 0.3) is 11.5 Å². The van der Waals surface area contributed by atoms with Crippen LogP contribution < -0.4 is 15.6 Å². The van der Waals surface area contributed by atoms with Gasteiger partial charge in [-0.25, -0.2) is 4.68 Å². The summed E-state index contributed by atoms with van der Waals surface area (Å²) in [4.78, 5) is 24.5. The molecule has 2 aromatic carbocycles. The van der Waals surface area contributed by atoms with Crippen LogP contribution in [-0.2, 0) is 13.0 Å². The Bertz CT molecular complexity index is 989. The molecule has 0 aliphatic carbocycles. The highest BCUT2D eigenvalue weighted by atomic mass is 16.5. The van der Waals surface area contributed by atoms with Crippen LogP contribution in [0.4, 0.5) is 0 Å². The highest BCUT2D eigenvalue weighted by molar-refractivity contribution is 5.92. The van der Waals surface area contributed by atoms with Gasteiger partial charge in [-0.1, -0.05) is 48.5 Å². The average molecular weight is 361 g/mol. The summed E-state index contributed by atoms with van der Waals surface area (Å²) in [5, 5.41) is 7.05. The maximum atomic E-state index is 12.4. The number of rotatable bonds is 5. The van der Waals surface area contributed by atoms with Crippen molar-refractivity contribution < 1.29 is 9.53 Å². The van der Waals surface area contributed by atoms with Crippen LogP contribution in [0.5, 0.6) is 5.75 Å². The predicted molar refractivity (Wildman–Crippen MR) is 101 cm³/mol. The summed E-state index contributed by atoms with van der Waals surface area (Å²) in [6, 6.07) is 20.2. The molecule has 0 saturated carbocycles. The van der Waals surface area contributed by atoms with Crippen LogP contribution in [0.15, 0.2) is 71.5 Å². The molecular formula is C21H19N3O3. The Hall–Kier alpha value is -3.41. The molecule has 0 spiro atoms. The van der Waals surface area contributed by atoms with Crippen molar-refractivity contribution in [3.8, 4) is 5.75 Å². The van der Waals surface area contributed by atoms with Crippen LogP contribution >= 0.6 is 0 Å². The normalized spacial score (nSPS) is 15.0. The molecule has 2 heterocycles. The highest BCUT2D eigenvalue weighted by Crippen LogP contribution is 2.27. The van der Waals surface area contributed by atoms with E-state index in [1.165, 1.54) is 16.8 Å². The van der Waals surface area contributed by atoms with Gasteiger partial charge >= 0.3 is 0 Å². The molecule has 1 aliphatic rings. The van der Waals surface area contributed by atoms with E-state index in [-0.39, 0.29) is 23.3 Å². The second-order valence-electron chi connectivity index (χ2n) is 6.46. The quantitative estimate of drug-likeness (QED) is 0.755. The van der Waals surface area contributed by atoms with Gasteiger partial charge in [0.2, 0.25) is 0 Å². The highest BCUT2D eigenvalue weighted by Gasteiger charge is 2.23. The van der Waals surface area contributed by atoms with E-state index in [0.717, 1.165) is 23.3 Å². The van der Waals surface area contributed by atoms with E-state index in [0.29, 0.717) is 13.1 Å². The minimum atomic E-state index is -0.323. The zero-order valence-corrected chi connectivity index (χ0v) is 14.7. The minimum Gasteiger partial charge on any atom is -0.488 e. The van der Waals surface area contributed by atoms with Crippen LogP contribution in [0.3, 0.4) is 0 Å². The lowest BCUT2D eigenvalue weighted by Crippen LogP contribution is -2.36. The molecule has 1 amide bonds. The number of fused-ring (bicyclic) bond motifs is 1. The second kappa shape index (κ2) is 7.45. The number of nitrogens with one attached hydrogen (secondary N) is 1. The van der Waals surface area contributed by atoms with Gasteiger partial charge in [-0.15, -0.1) is 0 Å². The lowest BCUT2D eigenvalue weighted by Gasteiger charge is -2.12. The van der Waals surface area contributed by atoms with Crippen molar-refractivity contribution in [1.29, 1.82) is 0 Å². The summed E-state index contributed by atoms with van der Waals surface area (Å²) in [5.41, 5.74) is 2.05. The molecule has 27 heavy (non-hydrogen) atoms. The zero-order valence-electron chi connectivity index (χ0n) is 14.7. The van der Waals surface area contributed by atoms with E-state index in [2.05, 4.69) is 10.4 Å². The van der Waals surface area contributed by atoms with Crippen molar-refractivity contribution in [1.82, 2.24) is 15.1 Å². The number of hydrogen-bond acceptors (Lipinski definition) is 4. The third-order valence-corrected chi connectivity index (χ3v) is 4.48. The Morgan fingerprint density at radius 3 is 2.67 bits per heavy atom. The molecular weight excluding hydrogens is 342 g/mol. The second-order valence-corrected chi connectivity index (χ2v) is 6.46. The van der Waals surface area contributed by atoms with Crippen molar-refractivity contribution in [2.24, 2.45) is 0 Å². The summed E-state index contributed by atoms with van der Waals surface area (Å²) >= 11 is 0. The number of carbonyl (C=O) groups excluding carboxylic acids is 1. The van der Waals surface area contributed by atoms with E-state index in [4.69, 9.17) is 4.74 Å². The number of para-hydroxylation sites is 1. The van der Waals surface area contributed by atoms with Gasteiger partial charge in [0.15, 0.2) is 0 Å². The van der Waals surface area contributed by atoms with Gasteiger partial charge < -0.3 is 10.1 Å². The number of ether oxygens (including phenoxy) is 1. The lowest BCUT2D eigenvalue weighted by molar-refractivity contribution is 0.0926. The number of aromatic nitrogens is 2. The van der Waals surface area contributed by atoms with Crippen molar-refractivity contribution in [2.45, 2.75) is 19.1 Å². The standard InChI is InChI=1S/C21H19N3O3/c25-20-11-10-18(23-24(20)14-15-6-2-1-3-7-15)21(26)22-13-17-12-16-8-4-5-9-19(16)27-17/h1-11,17H,12-14H2,(H,22,26)/t17-/m0/s1. The van der Waals surface area contributed by atoms with Crippen LogP contribution in [0.25, 0.3) is 0 Å². The molecule has 0 bridgehead atoms. The van der Waals surface area contributed by atoms with E-state index in [1.54, 1.807) is 0 Å². The van der Waals surface area contributed by atoms with Crippen molar-refractivity contribution in [2.75, 3.05) is 6.54 Å². The van der Waals surface area contributed by atoms with E-state index in [9.17, 15) is 9.59 Å². The Kier molecular flexibility index (Phi) is 4.70. The molecule has 0 fully saturated rings. The number of benzene rings is 2. The maximum absolute atomic E-state index is 12.4. The lowest BCUT2D eigenvalue weighted by atomic mass is 10.1. The number of nitrogens with zero attached hydrogens (tertiary/aromatic N) is 2. The van der Waals surface area contributed by atoms with Crippen LogP contribution in [0.1, 0.15) is 21.6 Å². The fourth-order valence-corrected chi connectivity index (χ4v) is 3.10. The van der Waals surface area contributed by atoms with Gasteiger partial charge in [-0.3, -0.25) is 9.59 Å². The molecule has 0 unspecified atom stereocenters. The first-order valence-electron chi connectivity index (χ1n) is 8.84. The molecule has 1 aromatic heterocycles. The molecule has 1 atom stereocenters. The number of amides is 1. The van der Waals surface area contributed by atoms with E-state index in [1.807, 2.05) is 54.6 Å². The van der Waals surface area contributed by atoms with Crippen LogP contribution in [0.2, 0.25) is 0 Å². The average Bonchev–Trinajstić information content (AvgIpc) is 3.11. The molecule has 0 saturated heterocycles. The largest absolute Gasteiger partial charge is 0.488 e. The Labute approximate surface area is 156 Å². The zero-order chi connectivity index (χ0) is 18.6. The Balaban J connectivity index is 1.40. The smallest absolute Gasteiger partial charge is 0.271 e. The topological polar surface area (TPSA) is 73.2 Å². The fourth-order valence-electron chi connectivity index (χ4n) is 3.10. The molecule has 1 aliphatic heterocycles. The van der Waals surface area contributed by atoms with Gasteiger partial charge in [0, 0.05) is 12.5 Å². The maximum Gasteiger partial charge on any atom is 0.271 e. The monoisotopic (exact) mass is 361 g/mol. The van der Waals surface area contributed by atoms with Gasteiger partial charge in [-0.2, -0.15) is 5.10 Å². The van der Waals surface area contributed by atoms with Gasteiger partial charge in [0.05, 0.1) is 13.1 Å². The number of carbonyl (C=O) groups is 1. The van der Waals surface area contributed by atoms with Crippen LogP contribution in [-0.4, -0.2) is 28.3 Å². The molecule has 136 valence electrons. The Morgan fingerprint density at radius 2 is 1.85 bits per heavy atom. The first kappa shape index (κ1) is 17.0. The summed E-state index contributed by atoms with van der Waals surface area (Å²) in [6.45, 7) is 0.703. The summed E-state index contributed by atoms with van der Waals surface area (Å²) in [7, 11) is 0. The first-order valence-corrected chi connectivity index (χ1v) is 8.84. The first-order chi connectivity index (χ1) is 13.2. The summed E-state index contributed by atoms with van der Waals surface area (Å²) in [6.07, 6.45) is 0.666. The molecule has 0 radical (unpaired) electrons. The van der Waals surface area contributed by atoms with Crippen molar-refractivity contribution in [3.05, 3.63) is 93.9 Å². The molecule has 6 nitrogen and oxygen atoms in total. The summed E-state index contributed by atoms with van der Waals surface area (Å²) in [5.74, 6) is 0.544. The SMILES string of the molecule is O=C(NC[C@@H]1Cc2ccccc2O1)c1ccc(=O)n(Cc2ccccc2)n1. The van der Waals surface area contributed by atoms with E-state index < -0.39 is 0 Å². The van der Waals surface area contributed by atoms with Crippen molar-refractivity contribution in [3.63, 3.8) is 0 Å². The molecule has 3 aromatic rings. The Morgan fingerprint density at radius 1 is 1.07 bits per heavy atom. The minimum absolute atomic E-state index is 0.0958. The molecule has 4 rings (SSSR count). The van der Waals surface area contributed by atoms with Gasteiger partial charge in [0.1, 0.15) is 17.5 Å². The van der Waals surface area contributed by atoms with Crippen LogP contribution in [0, 0.1) is 0 Å².